The number of carbonyl (C=O) groups excluding carboxylic acids is 1. The highest BCUT2D eigenvalue weighted by molar-refractivity contribution is 6.38. The Morgan fingerprint density at radius 2 is 1.70 bits per heavy atom. The van der Waals surface area contributed by atoms with Crippen molar-refractivity contribution in [3.8, 4) is 0 Å². The Bertz CT molecular complexity index is 651. The van der Waals surface area contributed by atoms with Crippen LogP contribution in [0.2, 0.25) is 15.1 Å². The van der Waals surface area contributed by atoms with Gasteiger partial charge in [-0.25, -0.2) is 5.43 Å². The number of hydrazone groups is 1. The Morgan fingerprint density at radius 3 is 2.35 bits per heavy atom. The molecule has 0 aliphatic carbocycles. The SMILES string of the molecule is O=C(N/N=C\c1c(Cl)cccc1Cl)c1cccc(Cl)c1. The van der Waals surface area contributed by atoms with E-state index in [1.54, 1.807) is 42.5 Å². The first-order valence-electron chi connectivity index (χ1n) is 5.61. The second kappa shape index (κ2) is 6.75. The second-order valence-electron chi connectivity index (χ2n) is 3.84. The van der Waals surface area contributed by atoms with E-state index in [0.717, 1.165) is 0 Å². The summed E-state index contributed by atoms with van der Waals surface area (Å²) in [5.74, 6) is -0.369. The molecule has 0 heterocycles. The Labute approximate surface area is 131 Å². The van der Waals surface area contributed by atoms with Gasteiger partial charge in [-0.1, -0.05) is 46.9 Å². The summed E-state index contributed by atoms with van der Waals surface area (Å²) in [4.78, 5) is 11.8. The van der Waals surface area contributed by atoms with Gasteiger partial charge in [0.05, 0.1) is 16.3 Å². The van der Waals surface area contributed by atoms with Crippen LogP contribution in [0.25, 0.3) is 0 Å². The second-order valence-corrected chi connectivity index (χ2v) is 5.10. The van der Waals surface area contributed by atoms with Crippen LogP contribution >= 0.6 is 34.8 Å². The smallest absolute Gasteiger partial charge is 0.267 e. The molecule has 6 heteroatoms. The van der Waals surface area contributed by atoms with Crippen LogP contribution < -0.4 is 5.43 Å². The molecular formula is C14H9Cl3N2O. The number of halogens is 3. The molecule has 0 aromatic heterocycles. The third-order valence-corrected chi connectivity index (χ3v) is 3.34. The summed E-state index contributed by atoms with van der Waals surface area (Å²) in [5, 5.41) is 5.23. The molecule has 20 heavy (non-hydrogen) atoms. The number of hydrogen-bond acceptors (Lipinski definition) is 2. The van der Waals surface area contributed by atoms with Crippen molar-refractivity contribution >= 4 is 46.9 Å². The van der Waals surface area contributed by atoms with E-state index >= 15 is 0 Å². The van der Waals surface area contributed by atoms with Crippen molar-refractivity contribution in [1.29, 1.82) is 0 Å². The van der Waals surface area contributed by atoms with E-state index in [1.807, 2.05) is 0 Å². The van der Waals surface area contributed by atoms with Crippen LogP contribution in [0.5, 0.6) is 0 Å². The van der Waals surface area contributed by atoms with Gasteiger partial charge in [-0.2, -0.15) is 5.10 Å². The predicted molar refractivity (Wildman–Crippen MR) is 83.0 cm³/mol. The third-order valence-electron chi connectivity index (χ3n) is 2.45. The Balaban J connectivity index is 2.09. The lowest BCUT2D eigenvalue weighted by Gasteiger charge is -2.02. The monoisotopic (exact) mass is 326 g/mol. The van der Waals surface area contributed by atoms with E-state index < -0.39 is 0 Å². The van der Waals surface area contributed by atoms with Crippen molar-refractivity contribution in [2.45, 2.75) is 0 Å². The molecule has 102 valence electrons. The van der Waals surface area contributed by atoms with Gasteiger partial charge in [0.25, 0.3) is 5.91 Å². The van der Waals surface area contributed by atoms with E-state index in [-0.39, 0.29) is 5.91 Å². The summed E-state index contributed by atoms with van der Waals surface area (Å²) < 4.78 is 0. The quantitative estimate of drug-likeness (QED) is 0.658. The summed E-state index contributed by atoms with van der Waals surface area (Å²) in [6.45, 7) is 0. The van der Waals surface area contributed by atoms with Gasteiger partial charge in [-0.05, 0) is 30.3 Å². The minimum Gasteiger partial charge on any atom is -0.267 e. The molecule has 0 atom stereocenters. The van der Waals surface area contributed by atoms with Crippen LogP contribution in [-0.2, 0) is 0 Å². The largest absolute Gasteiger partial charge is 0.271 e. The average molecular weight is 328 g/mol. The Hall–Kier alpha value is -1.55. The van der Waals surface area contributed by atoms with Gasteiger partial charge in [-0.3, -0.25) is 4.79 Å². The first-order chi connectivity index (χ1) is 9.58. The van der Waals surface area contributed by atoms with Gasteiger partial charge in [0.2, 0.25) is 0 Å². The van der Waals surface area contributed by atoms with Crippen LogP contribution in [-0.4, -0.2) is 12.1 Å². The van der Waals surface area contributed by atoms with Crippen LogP contribution in [0.1, 0.15) is 15.9 Å². The molecule has 0 aliphatic rings. The fourth-order valence-electron chi connectivity index (χ4n) is 1.48. The fraction of sp³-hybridized carbons (Fsp3) is 0. The fourth-order valence-corrected chi connectivity index (χ4v) is 2.17. The van der Waals surface area contributed by atoms with Crippen molar-refractivity contribution in [3.05, 3.63) is 68.7 Å². The molecule has 0 bridgehead atoms. The number of hydrogen-bond donors (Lipinski definition) is 1. The van der Waals surface area contributed by atoms with E-state index in [1.165, 1.54) is 6.21 Å². The topological polar surface area (TPSA) is 41.5 Å². The van der Waals surface area contributed by atoms with Crippen molar-refractivity contribution < 1.29 is 4.79 Å². The van der Waals surface area contributed by atoms with E-state index in [0.29, 0.717) is 26.2 Å². The number of benzene rings is 2. The molecule has 1 N–H and O–H groups in total. The van der Waals surface area contributed by atoms with Crippen LogP contribution in [0.15, 0.2) is 47.6 Å². The lowest BCUT2D eigenvalue weighted by atomic mass is 10.2. The molecule has 0 saturated carbocycles. The van der Waals surface area contributed by atoms with Crippen molar-refractivity contribution in [1.82, 2.24) is 5.43 Å². The summed E-state index contributed by atoms with van der Waals surface area (Å²) in [6, 6.07) is 11.7. The van der Waals surface area contributed by atoms with Crippen LogP contribution in [0, 0.1) is 0 Å². The molecule has 1 amide bonds. The number of amides is 1. The summed E-state index contributed by atoms with van der Waals surface area (Å²) in [7, 11) is 0. The van der Waals surface area contributed by atoms with Gasteiger partial charge >= 0.3 is 0 Å². The van der Waals surface area contributed by atoms with E-state index in [2.05, 4.69) is 10.5 Å². The van der Waals surface area contributed by atoms with Crippen LogP contribution in [0.3, 0.4) is 0 Å². The highest BCUT2D eigenvalue weighted by atomic mass is 35.5. The molecule has 0 aliphatic heterocycles. The third kappa shape index (κ3) is 3.73. The molecule has 2 aromatic carbocycles. The average Bonchev–Trinajstić information content (AvgIpc) is 2.42. The number of nitrogens with one attached hydrogen (secondary N) is 1. The summed E-state index contributed by atoms with van der Waals surface area (Å²) in [6.07, 6.45) is 1.40. The molecule has 3 nitrogen and oxygen atoms in total. The number of rotatable bonds is 3. The zero-order chi connectivity index (χ0) is 14.5. The normalized spacial score (nSPS) is 10.8. The molecular weight excluding hydrogens is 319 g/mol. The van der Waals surface area contributed by atoms with Gasteiger partial charge < -0.3 is 0 Å². The highest BCUT2D eigenvalue weighted by Gasteiger charge is 2.05. The zero-order valence-corrected chi connectivity index (χ0v) is 12.4. The maximum atomic E-state index is 11.8. The minimum atomic E-state index is -0.369. The molecule has 0 saturated heterocycles. The maximum absolute atomic E-state index is 11.8. The van der Waals surface area contributed by atoms with Crippen molar-refractivity contribution in [2.75, 3.05) is 0 Å². The summed E-state index contributed by atoms with van der Waals surface area (Å²) in [5.41, 5.74) is 3.34. The molecule has 0 spiro atoms. The molecule has 2 aromatic rings. The van der Waals surface area contributed by atoms with Crippen LogP contribution in [0.4, 0.5) is 0 Å². The number of carbonyl (C=O) groups is 1. The van der Waals surface area contributed by atoms with E-state index in [9.17, 15) is 4.79 Å². The standard InChI is InChI=1S/C14H9Cl3N2O/c15-10-4-1-3-9(7-10)14(20)19-18-8-11-12(16)5-2-6-13(11)17/h1-8H,(H,19,20)/b18-8-. The first kappa shape index (κ1) is 14.9. The maximum Gasteiger partial charge on any atom is 0.271 e. The zero-order valence-electron chi connectivity index (χ0n) is 10.1. The Kier molecular flexibility index (Phi) is 5.01. The molecule has 0 radical (unpaired) electrons. The lowest BCUT2D eigenvalue weighted by molar-refractivity contribution is 0.0955. The summed E-state index contributed by atoms with van der Waals surface area (Å²) >= 11 is 17.8. The lowest BCUT2D eigenvalue weighted by Crippen LogP contribution is -2.17. The first-order valence-corrected chi connectivity index (χ1v) is 6.74. The van der Waals surface area contributed by atoms with Gasteiger partial charge in [0.1, 0.15) is 0 Å². The van der Waals surface area contributed by atoms with Crippen molar-refractivity contribution in [3.63, 3.8) is 0 Å². The van der Waals surface area contributed by atoms with Crippen molar-refractivity contribution in [2.24, 2.45) is 5.10 Å². The molecule has 0 fully saturated rings. The minimum absolute atomic E-state index is 0.369. The molecule has 2 rings (SSSR count). The Morgan fingerprint density at radius 1 is 1.05 bits per heavy atom. The van der Waals surface area contributed by atoms with Gasteiger partial charge in [0.15, 0.2) is 0 Å². The predicted octanol–water partition coefficient (Wildman–Crippen LogP) is 4.41. The molecule has 0 unspecified atom stereocenters. The van der Waals surface area contributed by atoms with E-state index in [4.69, 9.17) is 34.8 Å². The number of nitrogens with zero attached hydrogens (tertiary/aromatic N) is 1. The highest BCUT2D eigenvalue weighted by Crippen LogP contribution is 2.22. The van der Waals surface area contributed by atoms with Gasteiger partial charge in [-0.15, -0.1) is 0 Å². The van der Waals surface area contributed by atoms with Gasteiger partial charge in [0, 0.05) is 16.1 Å².